The first kappa shape index (κ1) is 16.1. The fraction of sp³-hybridized carbons (Fsp3) is 0.263. The Morgan fingerprint density at radius 3 is 2.67 bits per heavy atom. The zero-order chi connectivity index (χ0) is 17.1. The van der Waals surface area contributed by atoms with Gasteiger partial charge in [0.25, 0.3) is 0 Å². The molecule has 0 spiro atoms. The maximum absolute atomic E-state index is 12.4. The fourth-order valence-corrected chi connectivity index (χ4v) is 2.72. The molecule has 1 atom stereocenters. The molecule has 0 saturated heterocycles. The third kappa shape index (κ3) is 3.11. The molecule has 0 radical (unpaired) electrons. The number of furan rings is 1. The fourth-order valence-electron chi connectivity index (χ4n) is 2.72. The smallest absolute Gasteiger partial charge is 0.318 e. The van der Waals surface area contributed by atoms with Crippen molar-refractivity contribution in [2.24, 2.45) is 0 Å². The molecule has 2 amide bonds. The van der Waals surface area contributed by atoms with Crippen LogP contribution < -0.4 is 5.32 Å². The number of para-hydroxylation sites is 1. The van der Waals surface area contributed by atoms with Crippen LogP contribution in [0.3, 0.4) is 0 Å². The van der Waals surface area contributed by atoms with E-state index in [9.17, 15) is 4.79 Å². The topological polar surface area (TPSA) is 58.4 Å². The number of carbonyl (C=O) groups excluding carboxylic acids is 1. The maximum Gasteiger partial charge on any atom is 0.318 e. The number of carbonyl (C=O) groups is 1. The molecule has 0 aliphatic carbocycles. The van der Waals surface area contributed by atoms with Crippen molar-refractivity contribution in [3.8, 4) is 0 Å². The number of fused-ring (bicyclic) bond motifs is 1. The lowest BCUT2D eigenvalue weighted by Gasteiger charge is -2.25. The molecule has 1 aromatic carbocycles. The van der Waals surface area contributed by atoms with Crippen LogP contribution >= 0.6 is 0 Å². The van der Waals surface area contributed by atoms with Gasteiger partial charge < -0.3 is 14.6 Å². The average molecular weight is 323 g/mol. The number of amides is 2. The van der Waals surface area contributed by atoms with Gasteiger partial charge in [-0.15, -0.1) is 0 Å². The van der Waals surface area contributed by atoms with Gasteiger partial charge in [-0.25, -0.2) is 4.79 Å². The number of nitrogens with zero attached hydrogens (tertiary/aromatic N) is 2. The molecule has 3 aromatic rings. The lowest BCUT2D eigenvalue weighted by molar-refractivity contribution is 0.193. The minimum Gasteiger partial charge on any atom is -0.459 e. The molecule has 0 bridgehead atoms. The van der Waals surface area contributed by atoms with Crippen LogP contribution in [0.15, 0.2) is 53.2 Å². The molecule has 3 rings (SSSR count). The molecule has 0 unspecified atom stereocenters. The third-order valence-corrected chi connectivity index (χ3v) is 4.43. The van der Waals surface area contributed by atoms with Crippen LogP contribution in [-0.4, -0.2) is 23.0 Å². The summed E-state index contributed by atoms with van der Waals surface area (Å²) in [4.78, 5) is 18.1. The largest absolute Gasteiger partial charge is 0.459 e. The van der Waals surface area contributed by atoms with Gasteiger partial charge in [0, 0.05) is 30.4 Å². The van der Waals surface area contributed by atoms with Crippen molar-refractivity contribution in [2.45, 2.75) is 26.4 Å². The summed E-state index contributed by atoms with van der Waals surface area (Å²) < 4.78 is 5.83. The Bertz CT molecular complexity index is 842. The predicted octanol–water partition coefficient (Wildman–Crippen LogP) is 4.04. The molecule has 0 aliphatic rings. The molecule has 124 valence electrons. The Hall–Kier alpha value is -2.82. The van der Waals surface area contributed by atoms with Crippen molar-refractivity contribution in [1.29, 1.82) is 0 Å². The van der Waals surface area contributed by atoms with Gasteiger partial charge in [-0.1, -0.05) is 18.2 Å². The van der Waals surface area contributed by atoms with Gasteiger partial charge in [-0.3, -0.25) is 4.98 Å². The van der Waals surface area contributed by atoms with E-state index < -0.39 is 0 Å². The Morgan fingerprint density at radius 2 is 1.96 bits per heavy atom. The zero-order valence-electron chi connectivity index (χ0n) is 14.1. The Labute approximate surface area is 141 Å². The van der Waals surface area contributed by atoms with E-state index in [1.54, 1.807) is 24.3 Å². The summed E-state index contributed by atoms with van der Waals surface area (Å²) in [5, 5.41) is 4.01. The Morgan fingerprint density at radius 1 is 1.25 bits per heavy atom. The van der Waals surface area contributed by atoms with E-state index in [0.29, 0.717) is 6.54 Å². The number of urea groups is 1. The average Bonchev–Trinajstić information content (AvgIpc) is 2.95. The van der Waals surface area contributed by atoms with Gasteiger partial charge >= 0.3 is 6.03 Å². The number of benzene rings is 1. The summed E-state index contributed by atoms with van der Waals surface area (Å²) in [5.41, 5.74) is 2.95. The van der Waals surface area contributed by atoms with E-state index in [1.807, 2.05) is 50.2 Å². The minimum absolute atomic E-state index is 0.0372. The van der Waals surface area contributed by atoms with Crippen molar-refractivity contribution >= 4 is 17.0 Å². The first-order chi connectivity index (χ1) is 11.6. The van der Waals surface area contributed by atoms with Crippen LogP contribution in [0.5, 0.6) is 0 Å². The molecule has 0 saturated carbocycles. The minimum atomic E-state index is -0.140. The Kier molecular flexibility index (Phi) is 4.51. The number of pyridine rings is 1. The molecule has 0 fully saturated rings. The van der Waals surface area contributed by atoms with Crippen LogP contribution in [0.1, 0.15) is 29.9 Å². The summed E-state index contributed by atoms with van der Waals surface area (Å²) in [6.07, 6.45) is 3.46. The number of rotatable bonds is 4. The second kappa shape index (κ2) is 6.74. The van der Waals surface area contributed by atoms with Crippen LogP contribution in [0, 0.1) is 6.92 Å². The summed E-state index contributed by atoms with van der Waals surface area (Å²) >= 11 is 0. The van der Waals surface area contributed by atoms with E-state index in [4.69, 9.17) is 4.42 Å². The van der Waals surface area contributed by atoms with E-state index in [-0.39, 0.29) is 12.1 Å². The SMILES string of the molecule is Cc1c(CNC(=O)N(C)[C@@H](C)c2ccncc2)oc2ccccc12. The van der Waals surface area contributed by atoms with Crippen LogP contribution in [-0.2, 0) is 6.54 Å². The van der Waals surface area contributed by atoms with Gasteiger partial charge in [-0.05, 0) is 37.6 Å². The quantitative estimate of drug-likeness (QED) is 0.788. The summed E-state index contributed by atoms with van der Waals surface area (Å²) in [7, 11) is 1.78. The van der Waals surface area contributed by atoms with Gasteiger partial charge in [0.1, 0.15) is 11.3 Å². The van der Waals surface area contributed by atoms with Gasteiger partial charge in [-0.2, -0.15) is 0 Å². The monoisotopic (exact) mass is 323 g/mol. The highest BCUT2D eigenvalue weighted by Crippen LogP contribution is 2.25. The normalized spacial score (nSPS) is 12.1. The molecule has 24 heavy (non-hydrogen) atoms. The molecular formula is C19H21N3O2. The van der Waals surface area contributed by atoms with Crippen molar-refractivity contribution in [2.75, 3.05) is 7.05 Å². The molecule has 0 aliphatic heterocycles. The van der Waals surface area contributed by atoms with Crippen LogP contribution in [0.4, 0.5) is 4.79 Å². The van der Waals surface area contributed by atoms with E-state index in [2.05, 4.69) is 10.3 Å². The summed E-state index contributed by atoms with van der Waals surface area (Å²) in [5.74, 6) is 0.787. The first-order valence-electron chi connectivity index (χ1n) is 7.95. The molecule has 2 heterocycles. The molecule has 1 N–H and O–H groups in total. The Balaban J connectivity index is 1.67. The number of hydrogen-bond acceptors (Lipinski definition) is 3. The number of nitrogens with one attached hydrogen (secondary N) is 1. The van der Waals surface area contributed by atoms with Gasteiger partial charge in [0.05, 0.1) is 12.6 Å². The second-order valence-corrected chi connectivity index (χ2v) is 5.87. The van der Waals surface area contributed by atoms with E-state index >= 15 is 0 Å². The third-order valence-electron chi connectivity index (χ3n) is 4.43. The predicted molar refractivity (Wildman–Crippen MR) is 93.6 cm³/mol. The van der Waals surface area contributed by atoms with Gasteiger partial charge in [0.2, 0.25) is 0 Å². The maximum atomic E-state index is 12.4. The van der Waals surface area contributed by atoms with Crippen molar-refractivity contribution in [3.05, 3.63) is 65.7 Å². The zero-order valence-corrected chi connectivity index (χ0v) is 14.1. The molecular weight excluding hydrogens is 302 g/mol. The standard InChI is InChI=1S/C19H21N3O2/c1-13-16-6-4-5-7-17(16)24-18(13)12-21-19(23)22(3)14(2)15-8-10-20-11-9-15/h4-11,14H,12H2,1-3H3,(H,21,23)/t14-/m0/s1. The summed E-state index contributed by atoms with van der Waals surface area (Å²) in [6.45, 7) is 4.37. The van der Waals surface area contributed by atoms with Crippen LogP contribution in [0.2, 0.25) is 0 Å². The number of aryl methyl sites for hydroxylation is 1. The number of hydrogen-bond donors (Lipinski definition) is 1. The highest BCUT2D eigenvalue weighted by molar-refractivity contribution is 5.82. The molecule has 5 nitrogen and oxygen atoms in total. The van der Waals surface area contributed by atoms with Crippen LogP contribution in [0.25, 0.3) is 11.0 Å². The lowest BCUT2D eigenvalue weighted by atomic mass is 10.1. The molecule has 2 aromatic heterocycles. The summed E-state index contributed by atoms with van der Waals surface area (Å²) in [6, 6.07) is 11.5. The molecule has 5 heteroatoms. The highest BCUT2D eigenvalue weighted by atomic mass is 16.3. The highest BCUT2D eigenvalue weighted by Gasteiger charge is 2.18. The van der Waals surface area contributed by atoms with Crippen molar-refractivity contribution < 1.29 is 9.21 Å². The van der Waals surface area contributed by atoms with Gasteiger partial charge in [0.15, 0.2) is 0 Å². The van der Waals surface area contributed by atoms with E-state index in [0.717, 1.165) is 27.9 Å². The lowest BCUT2D eigenvalue weighted by Crippen LogP contribution is -2.38. The van der Waals surface area contributed by atoms with Crippen molar-refractivity contribution in [3.63, 3.8) is 0 Å². The second-order valence-electron chi connectivity index (χ2n) is 5.87. The van der Waals surface area contributed by atoms with E-state index in [1.165, 1.54) is 0 Å². The van der Waals surface area contributed by atoms with Crippen molar-refractivity contribution in [1.82, 2.24) is 15.2 Å². The number of aromatic nitrogens is 1. The first-order valence-corrected chi connectivity index (χ1v) is 7.95.